The fourth-order valence-corrected chi connectivity index (χ4v) is 1.82. The van der Waals surface area contributed by atoms with Crippen LogP contribution in [0.15, 0.2) is 0 Å². The zero-order chi connectivity index (χ0) is 7.90. The van der Waals surface area contributed by atoms with Crippen LogP contribution in [0.4, 0.5) is 0 Å². The quantitative estimate of drug-likeness (QED) is 0.558. The van der Waals surface area contributed by atoms with Gasteiger partial charge in [-0.15, -0.1) is 0 Å². The molecular formula is C8H14O3. The minimum atomic E-state index is -0.908. The Labute approximate surface area is 66.3 Å². The third-order valence-corrected chi connectivity index (χ3v) is 2.52. The monoisotopic (exact) mass is 158 g/mol. The van der Waals surface area contributed by atoms with Gasteiger partial charge in [0.05, 0.1) is 19.3 Å². The first-order valence-electron chi connectivity index (χ1n) is 4.15. The van der Waals surface area contributed by atoms with Gasteiger partial charge in [-0.05, 0) is 13.3 Å². The van der Waals surface area contributed by atoms with Gasteiger partial charge in [0.25, 0.3) is 0 Å². The van der Waals surface area contributed by atoms with Crippen LogP contribution < -0.4 is 0 Å². The topological polar surface area (TPSA) is 38.7 Å². The van der Waals surface area contributed by atoms with Crippen molar-refractivity contribution in [1.29, 1.82) is 0 Å². The Morgan fingerprint density at radius 2 is 2.27 bits per heavy atom. The number of fused-ring (bicyclic) bond motifs is 1. The summed E-state index contributed by atoms with van der Waals surface area (Å²) in [7, 11) is 0. The number of ether oxygens (including phenoxy) is 2. The number of hydrogen-bond acceptors (Lipinski definition) is 3. The van der Waals surface area contributed by atoms with Gasteiger partial charge >= 0.3 is 0 Å². The van der Waals surface area contributed by atoms with E-state index in [0.29, 0.717) is 12.5 Å². The molecule has 0 aromatic heterocycles. The highest BCUT2D eigenvalue weighted by atomic mass is 16.6. The van der Waals surface area contributed by atoms with Crippen LogP contribution in [0.3, 0.4) is 0 Å². The summed E-state index contributed by atoms with van der Waals surface area (Å²) < 4.78 is 10.7. The fourth-order valence-electron chi connectivity index (χ4n) is 1.82. The second-order valence-corrected chi connectivity index (χ2v) is 3.67. The molecule has 0 spiro atoms. The molecule has 0 saturated carbocycles. The normalized spacial score (nSPS) is 50.7. The zero-order valence-corrected chi connectivity index (χ0v) is 6.75. The fraction of sp³-hybridized carbons (Fsp3) is 1.00. The highest BCUT2D eigenvalue weighted by Gasteiger charge is 2.40. The Morgan fingerprint density at radius 3 is 3.09 bits per heavy atom. The van der Waals surface area contributed by atoms with Crippen molar-refractivity contribution in [2.24, 2.45) is 5.92 Å². The van der Waals surface area contributed by atoms with E-state index in [9.17, 15) is 5.11 Å². The first-order valence-corrected chi connectivity index (χ1v) is 4.15. The van der Waals surface area contributed by atoms with Crippen LogP contribution in [0.1, 0.15) is 19.8 Å². The average molecular weight is 158 g/mol. The largest absolute Gasteiger partial charge is 0.378 e. The van der Waals surface area contributed by atoms with Crippen LogP contribution in [-0.2, 0) is 9.47 Å². The lowest BCUT2D eigenvalue weighted by atomic mass is 9.93. The van der Waals surface area contributed by atoms with Crippen molar-refractivity contribution in [1.82, 2.24) is 0 Å². The lowest BCUT2D eigenvalue weighted by Gasteiger charge is -2.35. The van der Waals surface area contributed by atoms with Crippen molar-refractivity contribution in [3.8, 4) is 0 Å². The molecule has 2 aliphatic rings. The van der Waals surface area contributed by atoms with E-state index in [1.165, 1.54) is 0 Å². The second kappa shape index (κ2) is 2.44. The van der Waals surface area contributed by atoms with Gasteiger partial charge in [0.1, 0.15) is 0 Å². The molecule has 2 fully saturated rings. The molecular weight excluding hydrogens is 144 g/mol. The average Bonchev–Trinajstić information content (AvgIpc) is 2.31. The number of aliphatic hydroxyl groups is 1. The van der Waals surface area contributed by atoms with Crippen LogP contribution in [-0.4, -0.2) is 30.2 Å². The molecule has 2 saturated heterocycles. The summed E-state index contributed by atoms with van der Waals surface area (Å²) in [4.78, 5) is 0. The molecule has 0 bridgehead atoms. The molecule has 64 valence electrons. The molecule has 2 heterocycles. The van der Waals surface area contributed by atoms with Gasteiger partial charge in [0, 0.05) is 12.3 Å². The van der Waals surface area contributed by atoms with Crippen molar-refractivity contribution >= 4 is 0 Å². The summed E-state index contributed by atoms with van der Waals surface area (Å²) >= 11 is 0. The Bertz CT molecular complexity index is 155. The van der Waals surface area contributed by atoms with Gasteiger partial charge in [0.15, 0.2) is 5.79 Å². The number of hydrogen-bond donors (Lipinski definition) is 1. The third-order valence-electron chi connectivity index (χ3n) is 2.52. The van der Waals surface area contributed by atoms with E-state index in [0.717, 1.165) is 19.4 Å². The molecule has 2 aliphatic heterocycles. The van der Waals surface area contributed by atoms with Crippen molar-refractivity contribution in [3.05, 3.63) is 0 Å². The maximum atomic E-state index is 9.54. The molecule has 0 aromatic rings. The molecule has 11 heavy (non-hydrogen) atoms. The standard InChI is InChI=1S/C8H14O3/c1-8(9)3-2-6-4-10-5-7(6)11-8/h6-7,9H,2-5H2,1H3. The SMILES string of the molecule is CC1(O)CCC2COCC2O1. The molecule has 3 atom stereocenters. The first kappa shape index (κ1) is 7.53. The minimum Gasteiger partial charge on any atom is -0.378 e. The third kappa shape index (κ3) is 1.41. The lowest BCUT2D eigenvalue weighted by molar-refractivity contribution is -0.248. The van der Waals surface area contributed by atoms with Gasteiger partial charge in [0.2, 0.25) is 0 Å². The minimum absolute atomic E-state index is 0.138. The molecule has 2 rings (SSSR count). The summed E-state index contributed by atoms with van der Waals surface area (Å²) in [6.45, 7) is 3.18. The highest BCUT2D eigenvalue weighted by Crippen LogP contribution is 2.33. The summed E-state index contributed by atoms with van der Waals surface area (Å²) in [5, 5.41) is 9.54. The van der Waals surface area contributed by atoms with Crippen molar-refractivity contribution in [2.75, 3.05) is 13.2 Å². The van der Waals surface area contributed by atoms with Crippen LogP contribution in [0.5, 0.6) is 0 Å². The Morgan fingerprint density at radius 1 is 1.45 bits per heavy atom. The first-order chi connectivity index (χ1) is 5.17. The van der Waals surface area contributed by atoms with E-state index < -0.39 is 5.79 Å². The van der Waals surface area contributed by atoms with Crippen LogP contribution in [0.2, 0.25) is 0 Å². The molecule has 3 unspecified atom stereocenters. The van der Waals surface area contributed by atoms with E-state index in [2.05, 4.69) is 0 Å². The van der Waals surface area contributed by atoms with Crippen molar-refractivity contribution in [3.63, 3.8) is 0 Å². The van der Waals surface area contributed by atoms with Gasteiger partial charge in [-0.25, -0.2) is 0 Å². The Hall–Kier alpha value is -0.120. The summed E-state index contributed by atoms with van der Waals surface area (Å²) in [6.07, 6.45) is 1.90. The molecule has 1 N–H and O–H groups in total. The predicted molar refractivity (Wildman–Crippen MR) is 39.0 cm³/mol. The summed E-state index contributed by atoms with van der Waals surface area (Å²) in [6, 6.07) is 0. The van der Waals surface area contributed by atoms with Crippen molar-refractivity contribution in [2.45, 2.75) is 31.7 Å². The van der Waals surface area contributed by atoms with E-state index in [1.54, 1.807) is 6.92 Å². The van der Waals surface area contributed by atoms with Gasteiger partial charge in [-0.3, -0.25) is 0 Å². The molecule has 3 nitrogen and oxygen atoms in total. The molecule has 0 amide bonds. The number of rotatable bonds is 0. The highest BCUT2D eigenvalue weighted by molar-refractivity contribution is 4.83. The molecule has 0 aliphatic carbocycles. The van der Waals surface area contributed by atoms with Gasteiger partial charge in [-0.1, -0.05) is 0 Å². The Kier molecular flexibility index (Phi) is 1.67. The second-order valence-electron chi connectivity index (χ2n) is 3.67. The molecule has 0 aromatic carbocycles. The van der Waals surface area contributed by atoms with E-state index >= 15 is 0 Å². The van der Waals surface area contributed by atoms with Crippen molar-refractivity contribution < 1.29 is 14.6 Å². The van der Waals surface area contributed by atoms with Gasteiger partial charge < -0.3 is 14.6 Å². The van der Waals surface area contributed by atoms with E-state index in [1.807, 2.05) is 0 Å². The van der Waals surface area contributed by atoms with E-state index in [-0.39, 0.29) is 6.10 Å². The van der Waals surface area contributed by atoms with Crippen LogP contribution >= 0.6 is 0 Å². The Balaban J connectivity index is 2.02. The van der Waals surface area contributed by atoms with Crippen LogP contribution in [0.25, 0.3) is 0 Å². The zero-order valence-electron chi connectivity index (χ0n) is 6.75. The van der Waals surface area contributed by atoms with Crippen LogP contribution in [0, 0.1) is 5.92 Å². The summed E-state index contributed by atoms with van der Waals surface area (Å²) in [5.41, 5.74) is 0. The maximum Gasteiger partial charge on any atom is 0.163 e. The van der Waals surface area contributed by atoms with Gasteiger partial charge in [-0.2, -0.15) is 0 Å². The summed E-state index contributed by atoms with van der Waals surface area (Å²) in [5.74, 6) is -0.385. The lowest BCUT2D eigenvalue weighted by Crippen LogP contribution is -2.42. The molecule has 3 heteroatoms. The molecule has 0 radical (unpaired) electrons. The predicted octanol–water partition coefficient (Wildman–Crippen LogP) is 0.520. The smallest absolute Gasteiger partial charge is 0.163 e. The maximum absolute atomic E-state index is 9.54. The van der Waals surface area contributed by atoms with E-state index in [4.69, 9.17) is 9.47 Å².